The van der Waals surface area contributed by atoms with Crippen LogP contribution in [0, 0.1) is 0 Å². The fourth-order valence-electron chi connectivity index (χ4n) is 1.17. The van der Waals surface area contributed by atoms with E-state index in [0.717, 1.165) is 5.82 Å². The van der Waals surface area contributed by atoms with Crippen LogP contribution in [0.25, 0.3) is 0 Å². The summed E-state index contributed by atoms with van der Waals surface area (Å²) < 4.78 is 6.90. The lowest BCUT2D eigenvalue weighted by atomic mass is 10.4. The van der Waals surface area contributed by atoms with Crippen molar-refractivity contribution < 1.29 is 4.74 Å². The third kappa shape index (κ3) is 1.77. The number of aromatic amines is 1. The maximum absolute atomic E-state index is 5.01. The Balaban J connectivity index is 2.12. The third-order valence-electron chi connectivity index (χ3n) is 1.78. The molecule has 0 bridgehead atoms. The fourth-order valence-corrected chi connectivity index (χ4v) is 1.17. The molecule has 0 saturated heterocycles. The lowest BCUT2D eigenvalue weighted by Gasteiger charge is -2.03. The second-order valence-corrected chi connectivity index (χ2v) is 2.76. The molecule has 7 heteroatoms. The maximum Gasteiger partial charge on any atom is 0.156 e. The molecular formula is C7H10N6O. The molecule has 2 heterocycles. The Hall–Kier alpha value is -1.76. The van der Waals surface area contributed by atoms with E-state index in [1.807, 2.05) is 10.8 Å². The molecule has 2 rings (SSSR count). The summed E-state index contributed by atoms with van der Waals surface area (Å²) in [6.45, 7) is 0.483. The van der Waals surface area contributed by atoms with Crippen LogP contribution in [0.2, 0.25) is 0 Å². The number of tetrazole rings is 1. The molecule has 74 valence electrons. The molecule has 14 heavy (non-hydrogen) atoms. The Kier molecular flexibility index (Phi) is 2.50. The van der Waals surface area contributed by atoms with Crippen molar-refractivity contribution in [3.8, 4) is 0 Å². The highest BCUT2D eigenvalue weighted by Crippen LogP contribution is 2.02. The normalized spacial score (nSPS) is 10.6. The van der Waals surface area contributed by atoms with Gasteiger partial charge in [0.2, 0.25) is 0 Å². The van der Waals surface area contributed by atoms with Crippen molar-refractivity contribution in [3.63, 3.8) is 0 Å². The number of methoxy groups -OCH3 is 1. The SMILES string of the molecule is COCn1ccnc1Cc1nnn[nH]1. The zero-order valence-electron chi connectivity index (χ0n) is 7.71. The van der Waals surface area contributed by atoms with Crippen molar-refractivity contribution in [1.82, 2.24) is 30.2 Å². The van der Waals surface area contributed by atoms with Gasteiger partial charge in [-0.1, -0.05) is 0 Å². The molecule has 0 aliphatic heterocycles. The predicted octanol–water partition coefficient (Wildman–Crippen LogP) is -0.409. The van der Waals surface area contributed by atoms with Gasteiger partial charge in [-0.15, -0.1) is 5.10 Å². The Labute approximate surface area is 80.1 Å². The van der Waals surface area contributed by atoms with Crippen LogP contribution in [0.5, 0.6) is 0 Å². The summed E-state index contributed by atoms with van der Waals surface area (Å²) in [6.07, 6.45) is 4.14. The van der Waals surface area contributed by atoms with Gasteiger partial charge in [-0.2, -0.15) is 0 Å². The lowest BCUT2D eigenvalue weighted by molar-refractivity contribution is 0.129. The van der Waals surface area contributed by atoms with Crippen molar-refractivity contribution in [3.05, 3.63) is 24.0 Å². The predicted molar refractivity (Wildman–Crippen MR) is 46.2 cm³/mol. The molecule has 2 aromatic rings. The number of hydrogen-bond donors (Lipinski definition) is 1. The van der Waals surface area contributed by atoms with Gasteiger partial charge in [-0.3, -0.25) is 0 Å². The van der Waals surface area contributed by atoms with Gasteiger partial charge in [-0.05, 0) is 10.4 Å². The monoisotopic (exact) mass is 194 g/mol. The number of nitrogens with zero attached hydrogens (tertiary/aromatic N) is 5. The molecule has 0 fully saturated rings. The van der Waals surface area contributed by atoms with E-state index in [1.54, 1.807) is 13.3 Å². The van der Waals surface area contributed by atoms with Crippen molar-refractivity contribution in [2.45, 2.75) is 13.2 Å². The van der Waals surface area contributed by atoms with Gasteiger partial charge < -0.3 is 9.30 Å². The molecule has 0 unspecified atom stereocenters. The highest BCUT2D eigenvalue weighted by molar-refractivity contribution is 4.99. The van der Waals surface area contributed by atoms with E-state index in [2.05, 4.69) is 25.6 Å². The van der Waals surface area contributed by atoms with Crippen molar-refractivity contribution in [2.24, 2.45) is 0 Å². The quantitative estimate of drug-likeness (QED) is 0.715. The molecular weight excluding hydrogens is 184 g/mol. The van der Waals surface area contributed by atoms with E-state index < -0.39 is 0 Å². The minimum Gasteiger partial charge on any atom is -0.364 e. The molecule has 0 radical (unpaired) electrons. The first-order valence-corrected chi connectivity index (χ1v) is 4.11. The Morgan fingerprint density at radius 1 is 1.57 bits per heavy atom. The second-order valence-electron chi connectivity index (χ2n) is 2.76. The van der Waals surface area contributed by atoms with E-state index in [9.17, 15) is 0 Å². The summed E-state index contributed by atoms with van der Waals surface area (Å²) in [5.74, 6) is 1.55. The first-order valence-electron chi connectivity index (χ1n) is 4.11. The Morgan fingerprint density at radius 2 is 2.50 bits per heavy atom. The molecule has 0 aliphatic carbocycles. The van der Waals surface area contributed by atoms with E-state index in [1.165, 1.54) is 0 Å². The largest absolute Gasteiger partial charge is 0.364 e. The zero-order valence-corrected chi connectivity index (χ0v) is 7.71. The number of nitrogens with one attached hydrogen (secondary N) is 1. The van der Waals surface area contributed by atoms with Gasteiger partial charge in [-0.25, -0.2) is 10.1 Å². The maximum atomic E-state index is 5.01. The summed E-state index contributed by atoms with van der Waals surface area (Å²) in [6, 6.07) is 0. The standard InChI is InChI=1S/C7H10N6O/c1-14-5-13-3-2-8-7(13)4-6-9-11-12-10-6/h2-3H,4-5H2,1H3,(H,9,10,11,12). The topological polar surface area (TPSA) is 81.5 Å². The molecule has 1 N–H and O–H groups in total. The van der Waals surface area contributed by atoms with E-state index >= 15 is 0 Å². The van der Waals surface area contributed by atoms with Crippen LogP contribution in [0.3, 0.4) is 0 Å². The number of rotatable bonds is 4. The summed E-state index contributed by atoms with van der Waals surface area (Å²) in [5, 5.41) is 13.4. The molecule has 7 nitrogen and oxygen atoms in total. The van der Waals surface area contributed by atoms with Crippen LogP contribution < -0.4 is 0 Å². The van der Waals surface area contributed by atoms with Crippen LogP contribution >= 0.6 is 0 Å². The first kappa shape index (κ1) is 8.82. The van der Waals surface area contributed by atoms with Gasteiger partial charge in [0.1, 0.15) is 12.6 Å². The van der Waals surface area contributed by atoms with Gasteiger partial charge in [0.15, 0.2) is 5.82 Å². The van der Waals surface area contributed by atoms with E-state index in [-0.39, 0.29) is 0 Å². The van der Waals surface area contributed by atoms with Crippen LogP contribution in [-0.2, 0) is 17.9 Å². The molecule has 0 spiro atoms. The molecule has 0 saturated carbocycles. The number of imidazole rings is 1. The third-order valence-corrected chi connectivity index (χ3v) is 1.78. The van der Waals surface area contributed by atoms with Gasteiger partial charge in [0.25, 0.3) is 0 Å². The van der Waals surface area contributed by atoms with Crippen molar-refractivity contribution in [2.75, 3.05) is 7.11 Å². The van der Waals surface area contributed by atoms with E-state index in [0.29, 0.717) is 19.0 Å². The number of H-pyrrole nitrogens is 1. The fraction of sp³-hybridized carbons (Fsp3) is 0.429. The average Bonchev–Trinajstić information content (AvgIpc) is 2.80. The van der Waals surface area contributed by atoms with Gasteiger partial charge in [0, 0.05) is 19.5 Å². The molecule has 0 atom stereocenters. The molecule has 0 aromatic carbocycles. The highest BCUT2D eigenvalue weighted by atomic mass is 16.5. The van der Waals surface area contributed by atoms with Crippen molar-refractivity contribution >= 4 is 0 Å². The van der Waals surface area contributed by atoms with E-state index in [4.69, 9.17) is 4.74 Å². The van der Waals surface area contributed by atoms with Crippen molar-refractivity contribution in [1.29, 1.82) is 0 Å². The zero-order chi connectivity index (χ0) is 9.80. The van der Waals surface area contributed by atoms with Crippen LogP contribution in [0.4, 0.5) is 0 Å². The molecule has 2 aromatic heterocycles. The number of ether oxygens (including phenoxy) is 1. The van der Waals surface area contributed by atoms with Gasteiger partial charge >= 0.3 is 0 Å². The van der Waals surface area contributed by atoms with Crippen LogP contribution in [0.1, 0.15) is 11.6 Å². The molecule has 0 aliphatic rings. The number of hydrogen-bond acceptors (Lipinski definition) is 5. The first-order chi connectivity index (χ1) is 6.90. The number of aromatic nitrogens is 6. The Morgan fingerprint density at radius 3 is 3.21 bits per heavy atom. The summed E-state index contributed by atoms with van der Waals surface area (Å²) in [5.41, 5.74) is 0. The summed E-state index contributed by atoms with van der Waals surface area (Å²) in [7, 11) is 1.64. The smallest absolute Gasteiger partial charge is 0.156 e. The highest BCUT2D eigenvalue weighted by Gasteiger charge is 2.05. The van der Waals surface area contributed by atoms with Crippen LogP contribution in [-0.4, -0.2) is 37.3 Å². The molecule has 0 amide bonds. The minimum atomic E-state index is 0.483. The van der Waals surface area contributed by atoms with Crippen LogP contribution in [0.15, 0.2) is 12.4 Å². The second kappa shape index (κ2) is 3.97. The lowest BCUT2D eigenvalue weighted by Crippen LogP contribution is -2.06. The average molecular weight is 194 g/mol. The Bertz CT molecular complexity index is 381. The minimum absolute atomic E-state index is 0.483. The summed E-state index contributed by atoms with van der Waals surface area (Å²) in [4.78, 5) is 4.18. The summed E-state index contributed by atoms with van der Waals surface area (Å²) >= 11 is 0. The van der Waals surface area contributed by atoms with Gasteiger partial charge in [0.05, 0.1) is 6.42 Å².